The van der Waals surface area contributed by atoms with Crippen molar-refractivity contribution in [2.75, 3.05) is 25.0 Å². The molecule has 0 unspecified atom stereocenters. The Balaban J connectivity index is 0. The Hall–Kier alpha value is -3.55. The number of carboxylic acids is 1. The van der Waals surface area contributed by atoms with Crippen LogP contribution in [0.15, 0.2) is 53.6 Å². The molecule has 8 heteroatoms. The zero-order valence-electron chi connectivity index (χ0n) is 27.2. The predicted molar refractivity (Wildman–Crippen MR) is 172 cm³/mol. The van der Waals surface area contributed by atoms with Crippen LogP contribution in [0, 0.1) is 0 Å². The minimum absolute atomic E-state index is 0.0956. The number of fused-ring (bicyclic) bond motifs is 1. The summed E-state index contributed by atoms with van der Waals surface area (Å²) in [6.07, 6.45) is 7.49. The van der Waals surface area contributed by atoms with Gasteiger partial charge in [-0.05, 0) is 59.1 Å². The van der Waals surface area contributed by atoms with Crippen molar-refractivity contribution in [1.29, 1.82) is 0 Å². The third-order valence-electron chi connectivity index (χ3n) is 5.24. The van der Waals surface area contributed by atoms with Gasteiger partial charge >= 0.3 is 12.1 Å². The predicted octanol–water partition coefficient (Wildman–Crippen LogP) is 8.32. The van der Waals surface area contributed by atoms with E-state index < -0.39 is 5.97 Å². The molecule has 3 rings (SSSR count). The molecular weight excluding hydrogens is 518 g/mol. The number of benzene rings is 1. The molecule has 1 amide bonds. The lowest BCUT2D eigenvalue weighted by molar-refractivity contribution is -0.137. The van der Waals surface area contributed by atoms with Crippen molar-refractivity contribution in [3.8, 4) is 0 Å². The van der Waals surface area contributed by atoms with Gasteiger partial charge in [-0.25, -0.2) is 4.79 Å². The van der Waals surface area contributed by atoms with Crippen LogP contribution in [0.4, 0.5) is 10.5 Å². The summed E-state index contributed by atoms with van der Waals surface area (Å²) >= 11 is 0. The number of aliphatic carboxylic acids is 1. The van der Waals surface area contributed by atoms with Crippen LogP contribution in [-0.4, -0.2) is 48.1 Å². The molecule has 1 aliphatic heterocycles. The number of rotatable bonds is 7. The highest BCUT2D eigenvalue weighted by molar-refractivity contribution is 5.85. The molecule has 8 nitrogen and oxygen atoms in total. The fraction of sp³-hybridized carbons (Fsp3) is 0.545. The topological polar surface area (TPSA) is 105 Å². The van der Waals surface area contributed by atoms with Crippen LogP contribution in [-0.2, 0) is 22.4 Å². The maximum atomic E-state index is 10.5. The summed E-state index contributed by atoms with van der Waals surface area (Å²) in [6, 6.07) is 10.5. The van der Waals surface area contributed by atoms with E-state index in [0.717, 1.165) is 18.7 Å². The number of carbonyl (C=O) groups excluding carboxylic acids is 1. The maximum absolute atomic E-state index is 10.5. The minimum atomic E-state index is -0.815. The molecule has 0 aliphatic carbocycles. The van der Waals surface area contributed by atoms with Crippen molar-refractivity contribution >= 4 is 23.3 Å². The number of hydrogen-bond acceptors (Lipinski definition) is 6. The van der Waals surface area contributed by atoms with E-state index in [2.05, 4.69) is 66.1 Å². The van der Waals surface area contributed by atoms with E-state index in [-0.39, 0.29) is 18.1 Å². The van der Waals surface area contributed by atoms with Gasteiger partial charge < -0.3 is 24.6 Å². The Morgan fingerprint density at radius 3 is 2.24 bits per heavy atom. The zero-order valence-corrected chi connectivity index (χ0v) is 27.2. The molecule has 41 heavy (non-hydrogen) atoms. The molecular formula is C33H55N3O5. The first-order valence-corrected chi connectivity index (χ1v) is 14.6. The first kappa shape index (κ1) is 39.6. The number of para-hydroxylation sites is 1. The standard InChI is InChI=1S/C14H19N.C8H11NO3.C6H13NO2.C3H6.C2H6/c1-3-5-10-15-11-12(4-2)13-8-6-7-9-14(13)15;1-2-6-5-7(12-9-6)3-4-8(10)11;1-6(2,3)9-5(8)7-4;1-3-2;1-2/h4,6-9H,3,5,10-11H2,1-2H3;5H,2-4H2,1H3,(H,10,11);1-4H3,(H,7,8);3H,1H2,2H3;1-2H3/b12-4+;;;;. The highest BCUT2D eigenvalue weighted by Gasteiger charge is 2.21. The number of nitrogens with zero attached hydrogens (tertiary/aromatic N) is 2. The van der Waals surface area contributed by atoms with Crippen molar-refractivity contribution < 1.29 is 24.0 Å². The Bertz CT molecular complexity index is 1020. The van der Waals surface area contributed by atoms with Gasteiger partial charge in [0.05, 0.1) is 12.1 Å². The number of carboxylic acid groups (broad SMARTS) is 1. The molecule has 0 spiro atoms. The van der Waals surface area contributed by atoms with E-state index in [9.17, 15) is 9.59 Å². The number of alkyl carbamates (subject to hydrolysis) is 1. The molecule has 2 aromatic rings. The van der Waals surface area contributed by atoms with Gasteiger partial charge in [-0.15, -0.1) is 6.58 Å². The van der Waals surface area contributed by atoms with Gasteiger partial charge in [0, 0.05) is 43.9 Å². The maximum Gasteiger partial charge on any atom is 0.407 e. The fourth-order valence-electron chi connectivity index (χ4n) is 3.39. The summed E-state index contributed by atoms with van der Waals surface area (Å²) in [4.78, 5) is 23.2. The fourth-order valence-corrected chi connectivity index (χ4v) is 3.39. The van der Waals surface area contributed by atoms with Crippen LogP contribution in [0.1, 0.15) is 98.6 Å². The second kappa shape index (κ2) is 23.2. The molecule has 1 aromatic heterocycles. The highest BCUT2D eigenvalue weighted by atomic mass is 16.6. The average molecular weight is 574 g/mol. The molecule has 1 aromatic carbocycles. The van der Waals surface area contributed by atoms with E-state index in [4.69, 9.17) is 14.4 Å². The summed E-state index contributed by atoms with van der Waals surface area (Å²) in [5, 5.41) is 14.5. The Morgan fingerprint density at radius 2 is 1.80 bits per heavy atom. The zero-order chi connectivity index (χ0) is 31.8. The van der Waals surface area contributed by atoms with Crippen LogP contribution in [0.2, 0.25) is 0 Å². The smallest absolute Gasteiger partial charge is 0.407 e. The summed E-state index contributed by atoms with van der Waals surface area (Å²) in [6.45, 7) is 23.3. The quantitative estimate of drug-likeness (QED) is 0.321. The van der Waals surface area contributed by atoms with Crippen molar-refractivity contribution in [2.45, 2.75) is 100 Å². The molecule has 1 aliphatic rings. The van der Waals surface area contributed by atoms with E-state index in [0.29, 0.717) is 12.2 Å². The van der Waals surface area contributed by atoms with Gasteiger partial charge in [-0.2, -0.15) is 0 Å². The number of aryl methyl sites for hydroxylation is 2. The third kappa shape index (κ3) is 18.4. The monoisotopic (exact) mass is 573 g/mol. The summed E-state index contributed by atoms with van der Waals surface area (Å²) in [5.74, 6) is -0.168. The summed E-state index contributed by atoms with van der Waals surface area (Å²) < 4.78 is 9.73. The molecule has 232 valence electrons. The van der Waals surface area contributed by atoms with Crippen molar-refractivity contribution in [1.82, 2.24) is 10.5 Å². The number of aromatic nitrogens is 1. The van der Waals surface area contributed by atoms with Crippen LogP contribution < -0.4 is 10.2 Å². The van der Waals surface area contributed by atoms with Gasteiger partial charge in [0.2, 0.25) is 0 Å². The second-order valence-corrected chi connectivity index (χ2v) is 9.80. The van der Waals surface area contributed by atoms with Crippen LogP contribution in [0.25, 0.3) is 5.57 Å². The second-order valence-electron chi connectivity index (χ2n) is 9.80. The van der Waals surface area contributed by atoms with Crippen LogP contribution >= 0.6 is 0 Å². The van der Waals surface area contributed by atoms with Gasteiger partial charge in [0.25, 0.3) is 0 Å². The van der Waals surface area contributed by atoms with E-state index >= 15 is 0 Å². The number of allylic oxidation sites excluding steroid dienone is 2. The first-order valence-electron chi connectivity index (χ1n) is 14.6. The third-order valence-corrected chi connectivity index (χ3v) is 5.24. The average Bonchev–Trinajstić information content (AvgIpc) is 3.56. The Labute approximate surface area is 248 Å². The van der Waals surface area contributed by atoms with Gasteiger partial charge in [-0.3, -0.25) is 4.79 Å². The molecule has 0 saturated carbocycles. The number of amides is 1. The molecule has 0 fully saturated rings. The molecule has 0 bridgehead atoms. The number of unbranched alkanes of at least 4 members (excludes halogenated alkanes) is 1. The van der Waals surface area contributed by atoms with Gasteiger partial charge in [0.15, 0.2) is 0 Å². The molecule has 0 saturated heterocycles. The van der Waals surface area contributed by atoms with Crippen LogP contribution in [0.5, 0.6) is 0 Å². The van der Waals surface area contributed by atoms with E-state index in [1.54, 1.807) is 12.1 Å². The van der Waals surface area contributed by atoms with Crippen molar-refractivity contribution in [3.63, 3.8) is 0 Å². The van der Waals surface area contributed by atoms with Gasteiger partial charge in [-0.1, -0.05) is 69.6 Å². The lowest BCUT2D eigenvalue weighted by atomic mass is 10.1. The Kier molecular flexibility index (Phi) is 22.4. The number of ether oxygens (including phenoxy) is 1. The number of nitrogens with one attached hydrogen (secondary N) is 1. The van der Waals surface area contributed by atoms with Crippen molar-refractivity contribution in [3.05, 3.63) is 66.1 Å². The first-order chi connectivity index (χ1) is 19.5. The lowest BCUT2D eigenvalue weighted by Gasteiger charge is -2.18. The molecule has 0 radical (unpaired) electrons. The number of anilines is 1. The molecule has 0 atom stereocenters. The summed E-state index contributed by atoms with van der Waals surface area (Å²) in [5.41, 5.74) is 4.80. The lowest BCUT2D eigenvalue weighted by Crippen LogP contribution is -2.30. The number of carbonyl (C=O) groups is 2. The minimum Gasteiger partial charge on any atom is -0.481 e. The SMILES string of the molecule is C/C=C1\CN(CCCC)c2ccccc21.C=CC.CC.CCc1cc(CCC(=O)O)on1.CNC(=O)OC(C)(C)C. The summed E-state index contributed by atoms with van der Waals surface area (Å²) in [7, 11) is 1.54. The van der Waals surface area contributed by atoms with E-state index in [1.807, 2.05) is 48.5 Å². The Morgan fingerprint density at radius 1 is 1.20 bits per heavy atom. The normalized spacial score (nSPS) is 12.0. The van der Waals surface area contributed by atoms with Crippen molar-refractivity contribution in [2.24, 2.45) is 0 Å². The largest absolute Gasteiger partial charge is 0.481 e. The van der Waals surface area contributed by atoms with E-state index in [1.165, 1.54) is 43.3 Å². The van der Waals surface area contributed by atoms with Gasteiger partial charge in [0.1, 0.15) is 11.4 Å². The van der Waals surface area contributed by atoms with Crippen LogP contribution in [0.3, 0.4) is 0 Å². The number of hydrogen-bond donors (Lipinski definition) is 2. The molecule has 2 N–H and O–H groups in total. The highest BCUT2D eigenvalue weighted by Crippen LogP contribution is 2.35. The molecule has 2 heterocycles.